The molecule has 1 aromatic rings. The second-order valence-corrected chi connectivity index (χ2v) is 9.81. The van der Waals surface area contributed by atoms with E-state index >= 15 is 0 Å². The fourth-order valence-corrected chi connectivity index (χ4v) is 5.38. The lowest BCUT2D eigenvalue weighted by molar-refractivity contribution is 0.471. The molecule has 8 heteroatoms. The van der Waals surface area contributed by atoms with Crippen LogP contribution in [0.25, 0.3) is 0 Å². The maximum absolute atomic E-state index is 11.5. The van der Waals surface area contributed by atoms with Crippen molar-refractivity contribution in [2.75, 3.05) is 25.1 Å². The Kier molecular flexibility index (Phi) is 5.64. The summed E-state index contributed by atoms with van der Waals surface area (Å²) >= 11 is 1.63. The molecular formula is C15H26N4O2S2. The predicted octanol–water partition coefficient (Wildman–Crippen LogP) is 2.30. The lowest BCUT2D eigenvalue weighted by Gasteiger charge is -2.12. The zero-order valence-electron chi connectivity index (χ0n) is 13.7. The van der Waals surface area contributed by atoms with Crippen LogP contribution in [-0.4, -0.2) is 53.0 Å². The molecule has 2 fully saturated rings. The maximum atomic E-state index is 11.5. The third-order valence-electron chi connectivity index (χ3n) is 4.94. The molecule has 3 rings (SSSR count). The smallest absolute Gasteiger partial charge is 0.211 e. The first-order valence-electron chi connectivity index (χ1n) is 8.50. The van der Waals surface area contributed by atoms with Crippen LogP contribution < -0.4 is 0 Å². The van der Waals surface area contributed by atoms with Crippen LogP contribution in [0.2, 0.25) is 0 Å². The van der Waals surface area contributed by atoms with Crippen LogP contribution in [0.1, 0.15) is 44.3 Å². The highest BCUT2D eigenvalue weighted by Crippen LogP contribution is 2.29. The molecule has 2 aliphatic rings. The Morgan fingerprint density at radius 2 is 2.04 bits per heavy atom. The standard InChI is InChI=1S/C15H26N4O2S2/c1-23(20,21)19-9-8-13(10-19)11-22-15-16-14(17-18-15)7-6-12-4-2-3-5-12/h12-13H,2-11H2,1H3,(H,16,17,18). The van der Waals surface area contributed by atoms with Gasteiger partial charge in [-0.1, -0.05) is 37.4 Å². The van der Waals surface area contributed by atoms with Crippen LogP contribution >= 0.6 is 11.8 Å². The normalized spacial score (nSPS) is 23.8. The van der Waals surface area contributed by atoms with Gasteiger partial charge in [0.15, 0.2) is 0 Å². The van der Waals surface area contributed by atoms with E-state index in [1.54, 1.807) is 16.1 Å². The second-order valence-electron chi connectivity index (χ2n) is 6.84. The largest absolute Gasteiger partial charge is 0.262 e. The van der Waals surface area contributed by atoms with Crippen LogP contribution in [-0.2, 0) is 16.4 Å². The minimum Gasteiger partial charge on any atom is -0.262 e. The highest BCUT2D eigenvalue weighted by molar-refractivity contribution is 7.99. The Balaban J connectivity index is 1.41. The van der Waals surface area contributed by atoms with E-state index in [1.165, 1.54) is 38.4 Å². The molecule has 0 spiro atoms. The Morgan fingerprint density at radius 3 is 2.74 bits per heavy atom. The van der Waals surface area contributed by atoms with Crippen molar-refractivity contribution in [3.05, 3.63) is 5.82 Å². The van der Waals surface area contributed by atoms with Crippen molar-refractivity contribution in [2.24, 2.45) is 11.8 Å². The highest BCUT2D eigenvalue weighted by atomic mass is 32.2. The van der Waals surface area contributed by atoms with Gasteiger partial charge in [-0.15, -0.1) is 5.10 Å². The molecular weight excluding hydrogens is 332 g/mol. The molecule has 1 aromatic heterocycles. The van der Waals surface area contributed by atoms with Gasteiger partial charge in [-0.2, -0.15) is 0 Å². The van der Waals surface area contributed by atoms with Gasteiger partial charge in [-0.05, 0) is 24.7 Å². The van der Waals surface area contributed by atoms with Gasteiger partial charge >= 0.3 is 0 Å². The molecule has 130 valence electrons. The van der Waals surface area contributed by atoms with E-state index in [0.717, 1.165) is 35.5 Å². The van der Waals surface area contributed by atoms with E-state index in [0.29, 0.717) is 19.0 Å². The molecule has 1 aliphatic carbocycles. The number of nitrogens with zero attached hydrogens (tertiary/aromatic N) is 3. The van der Waals surface area contributed by atoms with Gasteiger partial charge in [0.2, 0.25) is 15.2 Å². The number of aryl methyl sites for hydroxylation is 1. The third-order valence-corrected chi connectivity index (χ3v) is 7.29. The van der Waals surface area contributed by atoms with Crippen molar-refractivity contribution in [3.8, 4) is 0 Å². The van der Waals surface area contributed by atoms with Crippen molar-refractivity contribution in [1.29, 1.82) is 0 Å². The zero-order chi connectivity index (χ0) is 16.3. The maximum Gasteiger partial charge on any atom is 0.211 e. The van der Waals surface area contributed by atoms with Gasteiger partial charge in [-0.3, -0.25) is 5.10 Å². The average Bonchev–Trinajstić information content (AvgIpc) is 3.23. The highest BCUT2D eigenvalue weighted by Gasteiger charge is 2.28. The van der Waals surface area contributed by atoms with Gasteiger partial charge in [-0.25, -0.2) is 17.7 Å². The summed E-state index contributed by atoms with van der Waals surface area (Å²) in [6.45, 7) is 1.27. The van der Waals surface area contributed by atoms with E-state index in [1.807, 2.05) is 0 Å². The number of nitrogens with one attached hydrogen (secondary N) is 1. The average molecular weight is 359 g/mol. The van der Waals surface area contributed by atoms with Crippen LogP contribution in [0.5, 0.6) is 0 Å². The first kappa shape index (κ1) is 17.2. The Hall–Kier alpha value is -0.600. The first-order valence-corrected chi connectivity index (χ1v) is 11.3. The number of thioether (sulfide) groups is 1. The summed E-state index contributed by atoms with van der Waals surface area (Å²) in [5.41, 5.74) is 0. The summed E-state index contributed by atoms with van der Waals surface area (Å²) in [4.78, 5) is 4.56. The van der Waals surface area contributed by atoms with E-state index in [2.05, 4.69) is 15.2 Å². The summed E-state index contributed by atoms with van der Waals surface area (Å²) in [6, 6.07) is 0. The van der Waals surface area contributed by atoms with Crippen molar-refractivity contribution in [2.45, 2.75) is 50.1 Å². The summed E-state index contributed by atoms with van der Waals surface area (Å²) in [5.74, 6) is 3.14. The minimum atomic E-state index is -3.04. The van der Waals surface area contributed by atoms with Crippen molar-refractivity contribution >= 4 is 21.8 Å². The van der Waals surface area contributed by atoms with Crippen LogP contribution in [0.15, 0.2) is 5.16 Å². The second kappa shape index (κ2) is 7.53. The van der Waals surface area contributed by atoms with E-state index in [4.69, 9.17) is 0 Å². The van der Waals surface area contributed by atoms with Crippen LogP contribution in [0, 0.1) is 11.8 Å². The molecule has 2 heterocycles. The number of H-pyrrole nitrogens is 1. The topological polar surface area (TPSA) is 79.0 Å². The number of aromatic amines is 1. The van der Waals surface area contributed by atoms with Crippen LogP contribution in [0.4, 0.5) is 0 Å². The fourth-order valence-electron chi connectivity index (χ4n) is 3.52. The van der Waals surface area contributed by atoms with Crippen molar-refractivity contribution in [3.63, 3.8) is 0 Å². The number of hydrogen-bond donors (Lipinski definition) is 1. The van der Waals surface area contributed by atoms with E-state index in [9.17, 15) is 8.42 Å². The lowest BCUT2D eigenvalue weighted by atomic mass is 10.0. The molecule has 1 saturated heterocycles. The van der Waals surface area contributed by atoms with E-state index < -0.39 is 10.0 Å². The number of sulfonamides is 1. The molecule has 1 saturated carbocycles. The molecule has 0 amide bonds. The Morgan fingerprint density at radius 1 is 1.26 bits per heavy atom. The van der Waals surface area contributed by atoms with Gasteiger partial charge in [0, 0.05) is 25.3 Å². The molecule has 1 atom stereocenters. The number of rotatable bonds is 7. The molecule has 6 nitrogen and oxygen atoms in total. The Bertz CT molecular complexity index is 611. The molecule has 1 aliphatic heterocycles. The molecule has 23 heavy (non-hydrogen) atoms. The SMILES string of the molecule is CS(=O)(=O)N1CCC(CSc2n[nH]c(CCC3CCCC3)n2)C1. The lowest BCUT2D eigenvalue weighted by Crippen LogP contribution is -2.27. The molecule has 0 bridgehead atoms. The monoisotopic (exact) mass is 358 g/mol. The quantitative estimate of drug-likeness (QED) is 0.757. The summed E-state index contributed by atoms with van der Waals surface area (Å²) in [7, 11) is -3.04. The molecule has 0 aromatic carbocycles. The number of aromatic nitrogens is 3. The predicted molar refractivity (Wildman–Crippen MR) is 91.9 cm³/mol. The summed E-state index contributed by atoms with van der Waals surface area (Å²) < 4.78 is 24.6. The third kappa shape index (κ3) is 4.93. The number of hydrogen-bond acceptors (Lipinski definition) is 5. The van der Waals surface area contributed by atoms with Gasteiger partial charge in [0.1, 0.15) is 5.82 Å². The zero-order valence-corrected chi connectivity index (χ0v) is 15.3. The first-order chi connectivity index (χ1) is 11.0. The molecule has 0 radical (unpaired) electrons. The van der Waals surface area contributed by atoms with Crippen LogP contribution in [0.3, 0.4) is 0 Å². The van der Waals surface area contributed by atoms with E-state index in [-0.39, 0.29) is 0 Å². The summed E-state index contributed by atoms with van der Waals surface area (Å²) in [5, 5.41) is 8.13. The van der Waals surface area contributed by atoms with Crippen molar-refractivity contribution in [1.82, 2.24) is 19.5 Å². The summed E-state index contributed by atoms with van der Waals surface area (Å²) in [6.07, 6.45) is 9.92. The molecule has 1 N–H and O–H groups in total. The van der Waals surface area contributed by atoms with Gasteiger partial charge in [0.25, 0.3) is 0 Å². The fraction of sp³-hybridized carbons (Fsp3) is 0.867. The van der Waals surface area contributed by atoms with Crippen molar-refractivity contribution < 1.29 is 8.42 Å². The molecule has 1 unspecified atom stereocenters. The minimum absolute atomic E-state index is 0.398. The van der Waals surface area contributed by atoms with Gasteiger partial charge in [0.05, 0.1) is 6.26 Å². The van der Waals surface area contributed by atoms with Gasteiger partial charge < -0.3 is 0 Å². The Labute approximate surface area is 142 Å².